The topological polar surface area (TPSA) is 77.3 Å². The van der Waals surface area contributed by atoms with E-state index >= 15 is 0 Å². The highest BCUT2D eigenvalue weighted by molar-refractivity contribution is 7.98. The Morgan fingerprint density at radius 3 is 2.95 bits per heavy atom. The van der Waals surface area contributed by atoms with Gasteiger partial charge < -0.3 is 10.2 Å². The van der Waals surface area contributed by atoms with Crippen molar-refractivity contribution in [2.24, 2.45) is 7.05 Å². The van der Waals surface area contributed by atoms with Gasteiger partial charge in [-0.05, 0) is 19.1 Å². The van der Waals surface area contributed by atoms with Crippen LogP contribution in [-0.2, 0) is 12.8 Å². The van der Waals surface area contributed by atoms with Gasteiger partial charge in [-0.1, -0.05) is 17.7 Å². The molecule has 0 saturated heterocycles. The highest BCUT2D eigenvalue weighted by Crippen LogP contribution is 2.23. The average Bonchev–Trinajstić information content (AvgIpc) is 2.95. The third-order valence-electron chi connectivity index (χ3n) is 2.79. The average molecular weight is 304 g/mol. The summed E-state index contributed by atoms with van der Waals surface area (Å²) in [6.45, 7) is 1.69. The lowest BCUT2D eigenvalue weighted by molar-refractivity contribution is 0.530. The summed E-state index contributed by atoms with van der Waals surface area (Å²) >= 11 is 1.39. The van der Waals surface area contributed by atoms with Gasteiger partial charge in [0.1, 0.15) is 5.76 Å². The van der Waals surface area contributed by atoms with Gasteiger partial charge in [0.25, 0.3) is 5.56 Å². The molecule has 0 aliphatic carbocycles. The Balaban J connectivity index is 2.32. The summed E-state index contributed by atoms with van der Waals surface area (Å²) in [5, 5.41) is 0.538. The van der Waals surface area contributed by atoms with Gasteiger partial charge in [-0.25, -0.2) is 4.98 Å². The summed E-state index contributed by atoms with van der Waals surface area (Å²) < 4.78 is 6.72. The molecule has 21 heavy (non-hydrogen) atoms. The zero-order valence-electron chi connectivity index (χ0n) is 12.1. The van der Waals surface area contributed by atoms with Crippen LogP contribution in [0.25, 0.3) is 0 Å². The van der Waals surface area contributed by atoms with Crippen molar-refractivity contribution in [2.45, 2.75) is 17.8 Å². The maximum Gasteiger partial charge on any atom is 0.280 e. The molecule has 0 aliphatic rings. The van der Waals surface area contributed by atoms with E-state index in [1.54, 1.807) is 27.3 Å². The van der Waals surface area contributed by atoms with Gasteiger partial charge in [-0.15, -0.1) is 0 Å². The summed E-state index contributed by atoms with van der Waals surface area (Å²) in [7, 11) is 3.34. The summed E-state index contributed by atoms with van der Waals surface area (Å²) in [6, 6.07) is 6.46. The van der Waals surface area contributed by atoms with Gasteiger partial charge in [0.2, 0.25) is 0 Å². The van der Waals surface area contributed by atoms with Crippen molar-refractivity contribution < 1.29 is 4.42 Å². The Bertz CT molecular complexity index is 741. The molecule has 0 radical (unpaired) electrons. The Labute approximate surface area is 127 Å². The molecule has 0 amide bonds. The van der Waals surface area contributed by atoms with Crippen LogP contribution in [0.3, 0.4) is 0 Å². The smallest absolute Gasteiger partial charge is 0.280 e. The predicted octanol–water partition coefficient (Wildman–Crippen LogP) is 1.66. The number of rotatable bonds is 4. The number of anilines is 2. The van der Waals surface area contributed by atoms with Crippen molar-refractivity contribution in [1.82, 2.24) is 9.55 Å². The number of aromatic nitrogens is 2. The van der Waals surface area contributed by atoms with E-state index in [4.69, 9.17) is 10.2 Å². The number of nitrogen functional groups attached to an aromatic ring is 1. The molecule has 2 rings (SSSR count). The fourth-order valence-corrected chi connectivity index (χ4v) is 2.66. The molecule has 7 heteroatoms. The van der Waals surface area contributed by atoms with Crippen LogP contribution in [0.2, 0.25) is 0 Å². The second-order valence-corrected chi connectivity index (χ2v) is 5.22. The molecule has 0 fully saturated rings. The van der Waals surface area contributed by atoms with Crippen molar-refractivity contribution in [3.05, 3.63) is 34.5 Å². The Hall–Kier alpha value is -2.33. The number of furan rings is 1. The van der Waals surface area contributed by atoms with Gasteiger partial charge in [-0.2, -0.15) is 0 Å². The summed E-state index contributed by atoms with van der Waals surface area (Å²) in [5.74, 6) is 4.29. The molecule has 0 spiro atoms. The summed E-state index contributed by atoms with van der Waals surface area (Å²) in [4.78, 5) is 18.2. The van der Waals surface area contributed by atoms with E-state index in [-0.39, 0.29) is 17.1 Å². The lowest BCUT2D eigenvalue weighted by Gasteiger charge is -2.15. The lowest BCUT2D eigenvalue weighted by Crippen LogP contribution is -2.29. The second-order valence-electron chi connectivity index (χ2n) is 4.28. The molecule has 0 saturated carbocycles. The first-order valence-corrected chi connectivity index (χ1v) is 7.21. The molecular weight excluding hydrogens is 288 g/mol. The van der Waals surface area contributed by atoms with Crippen molar-refractivity contribution in [3.63, 3.8) is 0 Å². The lowest BCUT2D eigenvalue weighted by atomic mass is 10.4. The van der Waals surface area contributed by atoms with E-state index in [0.29, 0.717) is 10.9 Å². The molecule has 0 aliphatic heterocycles. The Morgan fingerprint density at radius 1 is 1.57 bits per heavy atom. The van der Waals surface area contributed by atoms with Crippen LogP contribution in [0.15, 0.2) is 32.8 Å². The molecule has 2 aromatic heterocycles. The van der Waals surface area contributed by atoms with Gasteiger partial charge in [-0.3, -0.25) is 14.3 Å². The third kappa shape index (κ3) is 3.23. The zero-order chi connectivity index (χ0) is 15.4. The van der Waals surface area contributed by atoms with E-state index in [2.05, 4.69) is 16.9 Å². The number of nitrogens with zero attached hydrogens (tertiary/aromatic N) is 3. The molecule has 110 valence electrons. The first-order chi connectivity index (χ1) is 10.0. The first kappa shape index (κ1) is 15.1. The minimum Gasteiger partial charge on any atom is -0.468 e. The zero-order valence-corrected chi connectivity index (χ0v) is 12.9. The normalized spacial score (nSPS) is 10.0. The molecule has 0 bridgehead atoms. The summed E-state index contributed by atoms with van der Waals surface area (Å²) in [6.07, 6.45) is 1.61. The number of hydrogen-bond acceptors (Lipinski definition) is 6. The number of nitrogens with two attached hydrogens (primary N) is 1. The molecule has 0 aromatic carbocycles. The largest absolute Gasteiger partial charge is 0.468 e. The predicted molar refractivity (Wildman–Crippen MR) is 84.0 cm³/mol. The quantitative estimate of drug-likeness (QED) is 0.401. The van der Waals surface area contributed by atoms with Crippen molar-refractivity contribution in [1.29, 1.82) is 0 Å². The van der Waals surface area contributed by atoms with Crippen LogP contribution in [0.4, 0.5) is 11.5 Å². The van der Waals surface area contributed by atoms with Gasteiger partial charge in [0, 0.05) is 20.1 Å². The maximum atomic E-state index is 12.4. The Morgan fingerprint density at radius 2 is 2.33 bits per heavy atom. The van der Waals surface area contributed by atoms with Crippen LogP contribution >= 0.6 is 11.8 Å². The molecule has 0 atom stereocenters. The summed E-state index contributed by atoms with van der Waals surface area (Å²) in [5.41, 5.74) is 5.96. The molecule has 2 N–H and O–H groups in total. The van der Waals surface area contributed by atoms with Crippen molar-refractivity contribution >= 4 is 23.3 Å². The van der Waals surface area contributed by atoms with Crippen LogP contribution in [0, 0.1) is 12.0 Å². The fourth-order valence-electron chi connectivity index (χ4n) is 1.78. The third-order valence-corrected chi connectivity index (χ3v) is 3.84. The van der Waals surface area contributed by atoms with Gasteiger partial charge in [0.05, 0.1) is 12.0 Å². The van der Waals surface area contributed by atoms with Crippen LogP contribution in [0.1, 0.15) is 12.7 Å². The van der Waals surface area contributed by atoms with Gasteiger partial charge in [0.15, 0.2) is 16.7 Å². The number of thioether (sulfide) groups is 1. The standard InChI is InChI=1S/C14H16N4O2S/c1-4-7-17(2)11-12(15)16-14(18(3)13(11)19)21-9-10-6-5-8-20-10/h5-6,8H,9,15H2,1-3H3. The molecule has 0 unspecified atom stereocenters. The molecule has 2 aromatic rings. The van der Waals surface area contributed by atoms with E-state index in [9.17, 15) is 4.79 Å². The minimum absolute atomic E-state index is 0.172. The highest BCUT2D eigenvalue weighted by atomic mass is 32.2. The van der Waals surface area contributed by atoms with Crippen LogP contribution in [-0.4, -0.2) is 16.6 Å². The van der Waals surface area contributed by atoms with E-state index < -0.39 is 0 Å². The highest BCUT2D eigenvalue weighted by Gasteiger charge is 2.16. The van der Waals surface area contributed by atoms with Crippen LogP contribution in [0.5, 0.6) is 0 Å². The molecule has 2 heterocycles. The van der Waals surface area contributed by atoms with Crippen LogP contribution < -0.4 is 16.2 Å². The fraction of sp³-hybridized carbons (Fsp3) is 0.286. The van der Waals surface area contributed by atoms with Crippen molar-refractivity contribution in [3.8, 4) is 12.0 Å². The van der Waals surface area contributed by atoms with Gasteiger partial charge >= 0.3 is 0 Å². The van der Waals surface area contributed by atoms with E-state index in [1.165, 1.54) is 21.2 Å². The molecular formula is C14H16N4O2S. The minimum atomic E-state index is -0.227. The Kier molecular flexibility index (Phi) is 4.60. The maximum absolute atomic E-state index is 12.4. The van der Waals surface area contributed by atoms with E-state index in [0.717, 1.165) is 5.76 Å². The number of hydrogen-bond donors (Lipinski definition) is 1. The van der Waals surface area contributed by atoms with Crippen molar-refractivity contribution in [2.75, 3.05) is 17.7 Å². The second kappa shape index (κ2) is 6.41. The van der Waals surface area contributed by atoms with E-state index in [1.807, 2.05) is 12.1 Å². The molecule has 6 nitrogen and oxygen atoms in total. The SMILES string of the molecule is CC#CN(C)c1c(N)nc(SCc2ccco2)n(C)c1=O. The first-order valence-electron chi connectivity index (χ1n) is 6.22. The monoisotopic (exact) mass is 304 g/mol.